The molecule has 1 atom stereocenters. The van der Waals surface area contributed by atoms with E-state index in [0.717, 1.165) is 42.4 Å². The summed E-state index contributed by atoms with van der Waals surface area (Å²) in [6.45, 7) is 0. The zero-order valence-electron chi connectivity index (χ0n) is 12.7. The van der Waals surface area contributed by atoms with E-state index in [9.17, 15) is 14.3 Å². The van der Waals surface area contributed by atoms with E-state index >= 15 is 0 Å². The molecule has 1 saturated carbocycles. The number of halogens is 1. The molecule has 0 aromatic heterocycles. The number of hydrogen-bond donors (Lipinski definition) is 2. The second kappa shape index (κ2) is 5.08. The minimum absolute atomic E-state index is 0.104. The highest BCUT2D eigenvalue weighted by molar-refractivity contribution is 5.68. The maximum absolute atomic E-state index is 13.1. The van der Waals surface area contributed by atoms with Gasteiger partial charge in [0.2, 0.25) is 0 Å². The molecule has 23 heavy (non-hydrogen) atoms. The first-order valence-corrected chi connectivity index (χ1v) is 7.96. The molecule has 2 N–H and O–H groups in total. The zero-order valence-corrected chi connectivity index (χ0v) is 12.7. The van der Waals surface area contributed by atoms with Crippen molar-refractivity contribution in [3.05, 3.63) is 59.4 Å². The molecule has 1 amide bonds. The Labute approximate surface area is 134 Å². The molecule has 3 nitrogen and oxygen atoms in total. The van der Waals surface area contributed by atoms with Crippen molar-refractivity contribution >= 4 is 6.09 Å². The number of fused-ring (bicyclic) bond motifs is 1. The highest BCUT2D eigenvalue weighted by Crippen LogP contribution is 2.61. The van der Waals surface area contributed by atoms with Crippen molar-refractivity contribution in [1.29, 1.82) is 0 Å². The minimum Gasteiger partial charge on any atom is -0.465 e. The highest BCUT2D eigenvalue weighted by atomic mass is 19.1. The summed E-state index contributed by atoms with van der Waals surface area (Å²) in [6.07, 6.45) is 3.23. The van der Waals surface area contributed by atoms with Crippen LogP contribution in [-0.4, -0.2) is 11.2 Å². The smallest absolute Gasteiger partial charge is 0.405 e. The molecular weight excluding hydrogens is 293 g/mol. The van der Waals surface area contributed by atoms with Gasteiger partial charge in [0, 0.05) is 0 Å². The Balaban J connectivity index is 1.77. The molecule has 1 spiro atoms. The predicted octanol–water partition coefficient (Wildman–Crippen LogP) is 4.53. The van der Waals surface area contributed by atoms with Crippen molar-refractivity contribution in [1.82, 2.24) is 5.32 Å². The van der Waals surface area contributed by atoms with Crippen LogP contribution in [0.5, 0.6) is 0 Å². The second-order valence-electron chi connectivity index (χ2n) is 6.67. The van der Waals surface area contributed by atoms with Gasteiger partial charge >= 0.3 is 6.09 Å². The molecular formula is C19H18FNO2. The lowest BCUT2D eigenvalue weighted by Crippen LogP contribution is -2.36. The van der Waals surface area contributed by atoms with E-state index in [0.29, 0.717) is 0 Å². The van der Waals surface area contributed by atoms with Crippen LogP contribution in [-0.2, 0) is 6.42 Å². The van der Waals surface area contributed by atoms with Gasteiger partial charge in [-0.3, -0.25) is 0 Å². The van der Waals surface area contributed by atoms with Gasteiger partial charge in [0.1, 0.15) is 5.82 Å². The van der Waals surface area contributed by atoms with Crippen molar-refractivity contribution < 1.29 is 14.3 Å². The van der Waals surface area contributed by atoms with Gasteiger partial charge in [-0.15, -0.1) is 0 Å². The number of aryl methyl sites for hydroxylation is 1. The van der Waals surface area contributed by atoms with E-state index in [4.69, 9.17) is 0 Å². The van der Waals surface area contributed by atoms with Crippen LogP contribution < -0.4 is 5.32 Å². The molecule has 118 valence electrons. The summed E-state index contributed by atoms with van der Waals surface area (Å²) in [5.41, 5.74) is 4.34. The standard InChI is InChI=1S/C19H18FNO2/c20-15-5-3-12(4-6-15)14-2-1-13-7-8-19(9-10-19)17(16(13)11-14)21-18(22)23/h1-6,11,17,21H,7-10H2,(H,22,23). The first kappa shape index (κ1) is 14.2. The zero-order chi connectivity index (χ0) is 16.0. The van der Waals surface area contributed by atoms with Gasteiger partial charge < -0.3 is 10.4 Å². The van der Waals surface area contributed by atoms with Crippen LogP contribution >= 0.6 is 0 Å². The Morgan fingerprint density at radius 3 is 2.43 bits per heavy atom. The van der Waals surface area contributed by atoms with Gasteiger partial charge in [0.15, 0.2) is 0 Å². The maximum Gasteiger partial charge on any atom is 0.405 e. The number of nitrogens with one attached hydrogen (secondary N) is 1. The van der Waals surface area contributed by atoms with Crippen LogP contribution in [0.3, 0.4) is 0 Å². The van der Waals surface area contributed by atoms with Crippen LogP contribution in [0.15, 0.2) is 42.5 Å². The molecule has 1 unspecified atom stereocenters. The van der Waals surface area contributed by atoms with Gasteiger partial charge in [-0.2, -0.15) is 0 Å². The monoisotopic (exact) mass is 311 g/mol. The molecule has 4 rings (SSSR count). The SMILES string of the molecule is O=C(O)NC1c2cc(-c3ccc(F)cc3)ccc2CCC12CC2. The third-order valence-electron chi connectivity index (χ3n) is 5.30. The predicted molar refractivity (Wildman–Crippen MR) is 85.7 cm³/mol. The van der Waals surface area contributed by atoms with Crippen molar-refractivity contribution in [2.24, 2.45) is 5.41 Å². The van der Waals surface area contributed by atoms with E-state index in [-0.39, 0.29) is 17.3 Å². The van der Waals surface area contributed by atoms with Crippen molar-refractivity contribution in [2.75, 3.05) is 0 Å². The maximum atomic E-state index is 13.1. The summed E-state index contributed by atoms with van der Waals surface area (Å²) >= 11 is 0. The number of rotatable bonds is 2. The topological polar surface area (TPSA) is 49.3 Å². The number of hydrogen-bond acceptors (Lipinski definition) is 1. The van der Waals surface area contributed by atoms with Crippen LogP contribution in [0.25, 0.3) is 11.1 Å². The average molecular weight is 311 g/mol. The van der Waals surface area contributed by atoms with Crippen LogP contribution in [0, 0.1) is 11.2 Å². The first-order valence-electron chi connectivity index (χ1n) is 7.96. The number of amides is 1. The van der Waals surface area contributed by atoms with E-state index in [1.807, 2.05) is 6.07 Å². The summed E-state index contributed by atoms with van der Waals surface area (Å²) < 4.78 is 13.1. The Hall–Kier alpha value is -2.36. The molecule has 4 heteroatoms. The molecule has 2 aliphatic carbocycles. The van der Waals surface area contributed by atoms with Crippen molar-refractivity contribution in [2.45, 2.75) is 31.7 Å². The molecule has 0 saturated heterocycles. The molecule has 2 aliphatic rings. The molecule has 0 radical (unpaired) electrons. The molecule has 0 heterocycles. The van der Waals surface area contributed by atoms with E-state index in [2.05, 4.69) is 17.4 Å². The third-order valence-corrected chi connectivity index (χ3v) is 5.30. The summed E-state index contributed by atoms with van der Waals surface area (Å²) in [6, 6.07) is 12.5. The molecule has 0 aliphatic heterocycles. The van der Waals surface area contributed by atoms with E-state index in [1.165, 1.54) is 17.7 Å². The summed E-state index contributed by atoms with van der Waals surface area (Å²) in [5.74, 6) is -0.255. The van der Waals surface area contributed by atoms with Crippen LogP contribution in [0.1, 0.15) is 36.4 Å². The number of carbonyl (C=O) groups is 1. The average Bonchev–Trinajstić information content (AvgIpc) is 3.31. The number of carboxylic acid groups (broad SMARTS) is 1. The summed E-state index contributed by atoms with van der Waals surface area (Å²) in [4.78, 5) is 11.2. The number of benzene rings is 2. The van der Waals surface area contributed by atoms with Gasteiger partial charge in [-0.05, 0) is 71.6 Å². The van der Waals surface area contributed by atoms with Crippen LogP contribution in [0.4, 0.5) is 9.18 Å². The summed E-state index contributed by atoms with van der Waals surface area (Å²) in [5, 5.41) is 12.0. The molecule has 2 aromatic carbocycles. The molecule has 0 bridgehead atoms. The van der Waals surface area contributed by atoms with Gasteiger partial charge in [0.05, 0.1) is 6.04 Å². The molecule has 1 fully saturated rings. The van der Waals surface area contributed by atoms with Crippen molar-refractivity contribution in [3.63, 3.8) is 0 Å². The first-order chi connectivity index (χ1) is 11.1. The Morgan fingerprint density at radius 1 is 1.09 bits per heavy atom. The Morgan fingerprint density at radius 2 is 1.78 bits per heavy atom. The van der Waals surface area contributed by atoms with Gasteiger partial charge in [-0.25, -0.2) is 9.18 Å². The third kappa shape index (κ3) is 2.48. The summed E-state index contributed by atoms with van der Waals surface area (Å²) in [7, 11) is 0. The largest absolute Gasteiger partial charge is 0.465 e. The highest BCUT2D eigenvalue weighted by Gasteiger charge is 2.52. The fourth-order valence-corrected chi connectivity index (χ4v) is 3.82. The van der Waals surface area contributed by atoms with Gasteiger partial charge in [0.25, 0.3) is 0 Å². The Kier molecular flexibility index (Phi) is 3.15. The van der Waals surface area contributed by atoms with Gasteiger partial charge in [-0.1, -0.05) is 24.3 Å². The fourth-order valence-electron chi connectivity index (χ4n) is 3.82. The quantitative estimate of drug-likeness (QED) is 0.856. The lowest BCUT2D eigenvalue weighted by molar-refractivity contribution is 0.178. The minimum atomic E-state index is -0.971. The van der Waals surface area contributed by atoms with E-state index < -0.39 is 6.09 Å². The fraction of sp³-hybridized carbons (Fsp3) is 0.316. The Bertz CT molecular complexity index is 765. The van der Waals surface area contributed by atoms with Crippen molar-refractivity contribution in [3.8, 4) is 11.1 Å². The van der Waals surface area contributed by atoms with E-state index in [1.54, 1.807) is 12.1 Å². The lowest BCUT2D eigenvalue weighted by Gasteiger charge is -2.34. The van der Waals surface area contributed by atoms with Crippen LogP contribution in [0.2, 0.25) is 0 Å². The molecule has 2 aromatic rings. The second-order valence-corrected chi connectivity index (χ2v) is 6.67. The normalized spacial score (nSPS) is 20.8. The lowest BCUT2D eigenvalue weighted by atomic mass is 9.76.